The van der Waals surface area contributed by atoms with Gasteiger partial charge in [-0.1, -0.05) is 18.2 Å². The first kappa shape index (κ1) is 11.5. The lowest BCUT2D eigenvalue weighted by Gasteiger charge is -2.09. The highest BCUT2D eigenvalue weighted by Crippen LogP contribution is 2.31. The molecular weight excluding hydrogens is 238 g/mol. The van der Waals surface area contributed by atoms with Crippen LogP contribution in [-0.2, 0) is 0 Å². The van der Waals surface area contributed by atoms with Gasteiger partial charge in [0, 0.05) is 10.9 Å². The molecule has 1 heterocycles. The summed E-state index contributed by atoms with van der Waals surface area (Å²) in [5.74, 6) is 0.966. The van der Waals surface area contributed by atoms with Crippen LogP contribution in [0.4, 0.5) is 0 Å². The Balaban J connectivity index is 2.23. The molecule has 2 aromatic carbocycles. The minimum absolute atomic E-state index is 0.239. The Morgan fingerprint density at radius 1 is 1.00 bits per heavy atom. The second kappa shape index (κ2) is 4.61. The summed E-state index contributed by atoms with van der Waals surface area (Å²) in [6.45, 7) is 0. The molecule has 3 heteroatoms. The lowest BCUT2D eigenvalue weighted by Crippen LogP contribution is -1.92. The highest BCUT2D eigenvalue weighted by molar-refractivity contribution is 5.84. The van der Waals surface area contributed by atoms with Crippen molar-refractivity contribution in [3.8, 4) is 22.8 Å². The number of hydrogen-bond acceptors (Lipinski definition) is 3. The normalized spacial score (nSPS) is 10.6. The molecule has 0 saturated carbocycles. The van der Waals surface area contributed by atoms with Crippen LogP contribution in [0.1, 0.15) is 0 Å². The lowest BCUT2D eigenvalue weighted by atomic mass is 10.1. The Kier molecular flexibility index (Phi) is 2.80. The summed E-state index contributed by atoms with van der Waals surface area (Å²) in [5.41, 5.74) is 2.62. The summed E-state index contributed by atoms with van der Waals surface area (Å²) in [6.07, 6.45) is 0. The van der Waals surface area contributed by atoms with Crippen molar-refractivity contribution in [1.82, 2.24) is 4.98 Å². The molecular formula is C16H13NO2. The van der Waals surface area contributed by atoms with E-state index in [0.29, 0.717) is 0 Å². The van der Waals surface area contributed by atoms with Gasteiger partial charge in [0.2, 0.25) is 0 Å². The summed E-state index contributed by atoms with van der Waals surface area (Å²) in [4.78, 5) is 4.64. The van der Waals surface area contributed by atoms with Gasteiger partial charge >= 0.3 is 0 Å². The summed E-state index contributed by atoms with van der Waals surface area (Å²) >= 11 is 0. The van der Waals surface area contributed by atoms with Crippen molar-refractivity contribution in [3.05, 3.63) is 54.6 Å². The van der Waals surface area contributed by atoms with Crippen molar-refractivity contribution < 1.29 is 9.84 Å². The molecule has 0 aliphatic heterocycles. The number of phenols is 1. The minimum atomic E-state index is 0.239. The fourth-order valence-corrected chi connectivity index (χ4v) is 2.08. The molecule has 3 rings (SSSR count). The maximum absolute atomic E-state index is 9.35. The number of pyridine rings is 1. The standard InChI is InChI=1S/C16H13NO2/c1-19-15-10-12-4-2-3-5-14(12)17-16(15)11-6-8-13(18)9-7-11/h2-10,18H,1H3. The van der Waals surface area contributed by atoms with Crippen LogP contribution >= 0.6 is 0 Å². The van der Waals surface area contributed by atoms with Crippen molar-refractivity contribution in [2.75, 3.05) is 7.11 Å². The third kappa shape index (κ3) is 2.10. The van der Waals surface area contributed by atoms with Gasteiger partial charge < -0.3 is 9.84 Å². The Hall–Kier alpha value is -2.55. The Morgan fingerprint density at radius 2 is 1.74 bits per heavy atom. The van der Waals surface area contributed by atoms with Crippen LogP contribution in [0.2, 0.25) is 0 Å². The molecule has 0 amide bonds. The van der Waals surface area contributed by atoms with Gasteiger partial charge in [0.1, 0.15) is 17.2 Å². The number of aromatic hydroxyl groups is 1. The number of aromatic nitrogens is 1. The smallest absolute Gasteiger partial charge is 0.145 e. The summed E-state index contributed by atoms with van der Waals surface area (Å²) < 4.78 is 5.41. The third-order valence-corrected chi connectivity index (χ3v) is 3.05. The highest BCUT2D eigenvalue weighted by atomic mass is 16.5. The molecule has 0 fully saturated rings. The second-order valence-electron chi connectivity index (χ2n) is 4.28. The van der Waals surface area contributed by atoms with E-state index in [9.17, 15) is 5.11 Å². The number of phenolic OH excluding ortho intramolecular Hbond substituents is 1. The zero-order chi connectivity index (χ0) is 13.2. The molecule has 0 atom stereocenters. The van der Waals surface area contributed by atoms with Crippen molar-refractivity contribution in [2.45, 2.75) is 0 Å². The summed E-state index contributed by atoms with van der Waals surface area (Å²) in [6, 6.07) is 16.8. The quantitative estimate of drug-likeness (QED) is 0.756. The summed E-state index contributed by atoms with van der Waals surface area (Å²) in [5, 5.41) is 10.4. The third-order valence-electron chi connectivity index (χ3n) is 3.05. The van der Waals surface area contributed by atoms with Gasteiger partial charge in [-0.3, -0.25) is 0 Å². The van der Waals surface area contributed by atoms with Gasteiger partial charge in [0.05, 0.1) is 12.6 Å². The predicted octanol–water partition coefficient (Wildman–Crippen LogP) is 3.62. The van der Waals surface area contributed by atoms with Crippen LogP contribution in [0, 0.1) is 0 Å². The van der Waals surface area contributed by atoms with Crippen molar-refractivity contribution in [3.63, 3.8) is 0 Å². The number of benzene rings is 2. The molecule has 0 radical (unpaired) electrons. The topological polar surface area (TPSA) is 42.4 Å². The van der Waals surface area contributed by atoms with Crippen LogP contribution < -0.4 is 4.74 Å². The highest BCUT2D eigenvalue weighted by Gasteiger charge is 2.09. The molecule has 3 nitrogen and oxygen atoms in total. The Morgan fingerprint density at radius 3 is 2.47 bits per heavy atom. The monoisotopic (exact) mass is 251 g/mol. The van der Waals surface area contributed by atoms with Gasteiger partial charge in [-0.25, -0.2) is 4.98 Å². The van der Waals surface area contributed by atoms with E-state index in [4.69, 9.17) is 4.74 Å². The number of hydrogen-bond donors (Lipinski definition) is 1. The molecule has 0 spiro atoms. The molecule has 0 saturated heterocycles. The fraction of sp³-hybridized carbons (Fsp3) is 0.0625. The molecule has 94 valence electrons. The number of methoxy groups -OCH3 is 1. The van der Waals surface area contributed by atoms with Crippen LogP contribution in [0.15, 0.2) is 54.6 Å². The van der Waals surface area contributed by atoms with Crippen LogP contribution in [-0.4, -0.2) is 17.2 Å². The van der Waals surface area contributed by atoms with Gasteiger partial charge in [0.25, 0.3) is 0 Å². The summed E-state index contributed by atoms with van der Waals surface area (Å²) in [7, 11) is 1.63. The number of nitrogens with zero attached hydrogens (tertiary/aromatic N) is 1. The minimum Gasteiger partial charge on any atom is -0.508 e. The average Bonchev–Trinajstić information content (AvgIpc) is 2.46. The number of ether oxygens (including phenoxy) is 1. The maximum Gasteiger partial charge on any atom is 0.145 e. The van der Waals surface area contributed by atoms with E-state index < -0.39 is 0 Å². The van der Waals surface area contributed by atoms with Crippen LogP contribution in [0.5, 0.6) is 11.5 Å². The lowest BCUT2D eigenvalue weighted by molar-refractivity contribution is 0.415. The number of rotatable bonds is 2. The largest absolute Gasteiger partial charge is 0.508 e. The van der Waals surface area contributed by atoms with Gasteiger partial charge in [0.15, 0.2) is 0 Å². The first-order valence-corrected chi connectivity index (χ1v) is 6.01. The van der Waals surface area contributed by atoms with Gasteiger partial charge in [-0.15, -0.1) is 0 Å². The molecule has 0 unspecified atom stereocenters. The molecule has 0 bridgehead atoms. The van der Waals surface area contributed by atoms with E-state index in [0.717, 1.165) is 27.9 Å². The molecule has 19 heavy (non-hydrogen) atoms. The first-order chi connectivity index (χ1) is 9.28. The van der Waals surface area contributed by atoms with E-state index in [2.05, 4.69) is 4.98 Å². The number of para-hydroxylation sites is 1. The molecule has 1 N–H and O–H groups in total. The van der Waals surface area contributed by atoms with E-state index >= 15 is 0 Å². The van der Waals surface area contributed by atoms with E-state index in [-0.39, 0.29) is 5.75 Å². The maximum atomic E-state index is 9.35. The molecule has 1 aromatic heterocycles. The second-order valence-corrected chi connectivity index (χ2v) is 4.28. The van der Waals surface area contributed by atoms with Crippen LogP contribution in [0.25, 0.3) is 22.2 Å². The molecule has 3 aromatic rings. The Bertz CT molecular complexity index is 720. The van der Waals surface area contributed by atoms with Crippen LogP contribution in [0.3, 0.4) is 0 Å². The van der Waals surface area contributed by atoms with Crippen molar-refractivity contribution in [1.29, 1.82) is 0 Å². The zero-order valence-corrected chi connectivity index (χ0v) is 10.5. The number of fused-ring (bicyclic) bond motifs is 1. The van der Waals surface area contributed by atoms with Crippen molar-refractivity contribution >= 4 is 10.9 Å². The predicted molar refractivity (Wildman–Crippen MR) is 75.4 cm³/mol. The zero-order valence-electron chi connectivity index (χ0n) is 10.5. The van der Waals surface area contributed by atoms with E-state index in [1.807, 2.05) is 42.5 Å². The molecule has 0 aliphatic rings. The SMILES string of the molecule is COc1cc2ccccc2nc1-c1ccc(O)cc1. The van der Waals surface area contributed by atoms with Crippen molar-refractivity contribution in [2.24, 2.45) is 0 Å². The molecule has 0 aliphatic carbocycles. The van der Waals surface area contributed by atoms with Gasteiger partial charge in [-0.2, -0.15) is 0 Å². The van der Waals surface area contributed by atoms with E-state index in [1.165, 1.54) is 0 Å². The first-order valence-electron chi connectivity index (χ1n) is 6.01. The van der Waals surface area contributed by atoms with E-state index in [1.54, 1.807) is 19.2 Å². The Labute approximate surface area is 111 Å². The average molecular weight is 251 g/mol. The van der Waals surface area contributed by atoms with Gasteiger partial charge in [-0.05, 0) is 36.4 Å². The fourth-order valence-electron chi connectivity index (χ4n) is 2.08.